The lowest BCUT2D eigenvalue weighted by Gasteiger charge is -2.50. The van der Waals surface area contributed by atoms with E-state index in [0.29, 0.717) is 10.8 Å². The molecule has 44 heavy (non-hydrogen) atoms. The van der Waals surface area contributed by atoms with E-state index < -0.39 is 33.8 Å². The number of nitrogens with two attached hydrogens (primary N) is 1. The lowest BCUT2D eigenvalue weighted by Crippen LogP contribution is -2.76. The van der Waals surface area contributed by atoms with Crippen molar-refractivity contribution in [3.05, 3.63) is 34.8 Å². The van der Waals surface area contributed by atoms with Crippen LogP contribution >= 0.6 is 11.3 Å². The summed E-state index contributed by atoms with van der Waals surface area (Å²) in [5.74, 6) is -1.13. The molecule has 2 amide bonds. The molecule has 2 aromatic rings. The number of anilines is 2. The zero-order valence-electron chi connectivity index (χ0n) is 25.0. The standard InChI is InChI=1S/C24H34N8O8S2.CH4O/c1-24(2)20(22(34)32(24)40-42(35,36)37)30-21(33)19(18-14-41-23(25)29-18)31-39-11-10-38-16-6-7-17(15(12-16)13-27-4)28-9-5-8-26-3;1-2/h6-7,12-14,20,26,28H,5,8-11H2,1-4H3,(H2,25,29)(H,30,33)(H,35,36,37);2H,1H3/p+1/b27-13?,31-19-;. The number of amides is 2. The topological polar surface area (TPSA) is 241 Å². The van der Waals surface area contributed by atoms with Crippen molar-refractivity contribution in [2.45, 2.75) is 31.8 Å². The van der Waals surface area contributed by atoms with E-state index in [0.717, 1.165) is 49.2 Å². The third kappa shape index (κ3) is 10.1. The van der Waals surface area contributed by atoms with E-state index in [1.807, 2.05) is 31.5 Å². The van der Waals surface area contributed by atoms with Crippen molar-refractivity contribution in [2.24, 2.45) is 5.16 Å². The van der Waals surface area contributed by atoms with Crippen molar-refractivity contribution in [3.63, 3.8) is 0 Å². The number of rotatable bonds is 16. The number of aromatic nitrogens is 1. The van der Waals surface area contributed by atoms with Crippen LogP contribution in [-0.2, 0) is 29.1 Å². The number of hydroxylamine groups is 2. The Morgan fingerprint density at radius 2 is 2.02 bits per heavy atom. The number of benzene rings is 1. The van der Waals surface area contributed by atoms with Gasteiger partial charge in [0.15, 0.2) is 23.7 Å². The molecular formula is C25H39N8O9S2+. The molecule has 1 unspecified atom stereocenters. The third-order valence-corrected chi connectivity index (χ3v) is 6.95. The van der Waals surface area contributed by atoms with Crippen LogP contribution in [0, 0.1) is 0 Å². The molecule has 1 saturated heterocycles. The van der Waals surface area contributed by atoms with Gasteiger partial charge in [-0.2, -0.15) is 13.5 Å². The molecule has 0 radical (unpaired) electrons. The summed E-state index contributed by atoms with van der Waals surface area (Å²) in [5, 5.41) is 22.0. The van der Waals surface area contributed by atoms with Crippen molar-refractivity contribution >= 4 is 56.3 Å². The highest BCUT2D eigenvalue weighted by molar-refractivity contribution is 7.80. The van der Waals surface area contributed by atoms with Crippen LogP contribution in [0.25, 0.3) is 0 Å². The summed E-state index contributed by atoms with van der Waals surface area (Å²) in [6, 6.07) is 4.40. The largest absolute Gasteiger partial charge is 0.490 e. The Morgan fingerprint density at radius 3 is 2.61 bits per heavy atom. The Kier molecular flexibility index (Phi) is 13.9. The highest BCUT2D eigenvalue weighted by Gasteiger charge is 2.58. The van der Waals surface area contributed by atoms with Gasteiger partial charge >= 0.3 is 10.4 Å². The zero-order chi connectivity index (χ0) is 32.9. The number of nitrogens with one attached hydrogen (secondary N) is 4. The SMILES string of the molecule is CNCCCNc1ccc(OCCO/N=C(\C(=O)NC2C(=O)N(OS(=O)(=O)O)C2(C)C)c2csc(N)n2)cc1C=[NH+]C.CO. The van der Waals surface area contributed by atoms with Gasteiger partial charge in [-0.15, -0.1) is 15.6 Å². The van der Waals surface area contributed by atoms with Crippen LogP contribution in [0.1, 0.15) is 31.5 Å². The number of hydrogen-bond acceptors (Lipinski definition) is 14. The Morgan fingerprint density at radius 1 is 1.30 bits per heavy atom. The molecule has 1 fully saturated rings. The lowest BCUT2D eigenvalue weighted by atomic mass is 9.84. The van der Waals surface area contributed by atoms with Crippen LogP contribution < -0.4 is 31.4 Å². The first-order valence-electron chi connectivity index (χ1n) is 13.2. The zero-order valence-corrected chi connectivity index (χ0v) is 26.6. The first-order chi connectivity index (χ1) is 20.9. The van der Waals surface area contributed by atoms with Crippen molar-refractivity contribution in [1.82, 2.24) is 20.7 Å². The summed E-state index contributed by atoms with van der Waals surface area (Å²) in [4.78, 5) is 37.9. The van der Waals surface area contributed by atoms with Crippen LogP contribution in [0.5, 0.6) is 5.75 Å². The summed E-state index contributed by atoms with van der Waals surface area (Å²) >= 11 is 1.07. The average molecular weight is 660 g/mol. The molecule has 1 aromatic carbocycles. The minimum Gasteiger partial charge on any atom is -0.490 e. The quantitative estimate of drug-likeness (QED) is 0.0344. The summed E-state index contributed by atoms with van der Waals surface area (Å²) < 4.78 is 41.1. The number of ether oxygens (including phenoxy) is 1. The normalized spacial score (nSPS) is 16.2. The second-order valence-corrected chi connectivity index (χ2v) is 11.3. The van der Waals surface area contributed by atoms with Crippen molar-refractivity contribution < 1.29 is 46.5 Å². The van der Waals surface area contributed by atoms with E-state index in [1.165, 1.54) is 19.2 Å². The molecule has 3 rings (SSSR count). The molecule has 2 heterocycles. The van der Waals surface area contributed by atoms with Gasteiger partial charge in [-0.3, -0.25) is 19.1 Å². The molecule has 19 heteroatoms. The van der Waals surface area contributed by atoms with Gasteiger partial charge in [0.05, 0.1) is 11.1 Å². The highest BCUT2D eigenvalue weighted by Crippen LogP contribution is 2.33. The molecule has 0 bridgehead atoms. The predicted octanol–water partition coefficient (Wildman–Crippen LogP) is -1.88. The number of thiazole rings is 1. The number of nitrogen functional groups attached to an aromatic ring is 1. The van der Waals surface area contributed by atoms with Gasteiger partial charge in [0.25, 0.3) is 11.8 Å². The molecule has 0 saturated carbocycles. The first kappa shape index (κ1) is 36.3. The van der Waals surface area contributed by atoms with Gasteiger partial charge in [0.2, 0.25) is 0 Å². The smallest absolute Gasteiger partial charge is 0.418 e. The number of carbonyl (C=O) groups is 2. The average Bonchev–Trinajstić information content (AvgIpc) is 3.41. The maximum Gasteiger partial charge on any atom is 0.418 e. The van der Waals surface area contributed by atoms with Gasteiger partial charge in [-0.05, 0) is 52.1 Å². The minimum absolute atomic E-state index is 0.0324. The lowest BCUT2D eigenvalue weighted by molar-refractivity contribution is -0.413. The van der Waals surface area contributed by atoms with E-state index in [2.05, 4.69) is 35.4 Å². The second-order valence-electron chi connectivity index (χ2n) is 9.45. The number of oxime groups is 1. The van der Waals surface area contributed by atoms with Crippen molar-refractivity contribution in [2.75, 3.05) is 58.6 Å². The molecule has 17 nitrogen and oxygen atoms in total. The number of nitrogens with zero attached hydrogens (tertiary/aromatic N) is 3. The Bertz CT molecular complexity index is 1430. The number of carbonyl (C=O) groups excluding carboxylic acids is 2. The maximum absolute atomic E-state index is 13.1. The molecule has 1 atom stereocenters. The first-order valence-corrected chi connectivity index (χ1v) is 15.5. The molecule has 0 aliphatic carbocycles. The molecule has 1 aromatic heterocycles. The van der Waals surface area contributed by atoms with E-state index in [-0.39, 0.29) is 29.8 Å². The van der Waals surface area contributed by atoms with Gasteiger partial charge in [0.1, 0.15) is 31.1 Å². The Labute approximate surface area is 259 Å². The monoisotopic (exact) mass is 659 g/mol. The fourth-order valence-corrected chi connectivity index (χ4v) is 4.88. The molecular weight excluding hydrogens is 620 g/mol. The molecule has 1 aliphatic heterocycles. The van der Waals surface area contributed by atoms with E-state index >= 15 is 0 Å². The summed E-state index contributed by atoms with van der Waals surface area (Å²) in [5.41, 5.74) is 6.10. The van der Waals surface area contributed by atoms with Gasteiger partial charge in [-0.1, -0.05) is 5.16 Å². The second kappa shape index (κ2) is 16.8. The van der Waals surface area contributed by atoms with E-state index in [4.69, 9.17) is 25.0 Å². The number of aliphatic hydroxyl groups is 1. The van der Waals surface area contributed by atoms with Gasteiger partial charge in [0, 0.05) is 24.7 Å². The van der Waals surface area contributed by atoms with Crippen molar-refractivity contribution in [3.8, 4) is 5.75 Å². The number of hydrogen-bond donors (Lipinski definition) is 7. The van der Waals surface area contributed by atoms with Gasteiger partial charge in [-0.25, -0.2) is 4.98 Å². The molecule has 8 N–H and O–H groups in total. The van der Waals surface area contributed by atoms with E-state index in [1.54, 1.807) is 7.05 Å². The fraction of sp³-hybridized carbons (Fsp3) is 0.480. The summed E-state index contributed by atoms with van der Waals surface area (Å²) in [6.45, 7) is 4.64. The predicted molar refractivity (Wildman–Crippen MR) is 164 cm³/mol. The molecule has 244 valence electrons. The van der Waals surface area contributed by atoms with Crippen LogP contribution in [0.15, 0.2) is 28.7 Å². The van der Waals surface area contributed by atoms with Crippen LogP contribution in [-0.4, -0.2) is 111 Å². The summed E-state index contributed by atoms with van der Waals surface area (Å²) in [6.07, 6.45) is 2.81. The third-order valence-electron chi connectivity index (χ3n) is 5.94. The highest BCUT2D eigenvalue weighted by atomic mass is 32.3. The fourth-order valence-electron chi connectivity index (χ4n) is 3.88. The Balaban J connectivity index is 0.00000330. The number of β-lactam (4-membered cyclic amide) rings is 1. The minimum atomic E-state index is -4.94. The van der Waals surface area contributed by atoms with Crippen molar-refractivity contribution in [1.29, 1.82) is 0 Å². The summed E-state index contributed by atoms with van der Waals surface area (Å²) in [7, 11) is -0.231. The van der Waals surface area contributed by atoms with Crippen LogP contribution in [0.2, 0.25) is 0 Å². The maximum atomic E-state index is 13.1. The Hall–Kier alpha value is -3.88. The number of aliphatic hydroxyl groups excluding tert-OH is 1. The molecule has 1 aliphatic rings. The van der Waals surface area contributed by atoms with Crippen LogP contribution in [0.3, 0.4) is 0 Å². The van der Waals surface area contributed by atoms with E-state index in [9.17, 15) is 18.0 Å². The molecule has 0 spiro atoms. The van der Waals surface area contributed by atoms with Crippen LogP contribution in [0.4, 0.5) is 10.8 Å². The van der Waals surface area contributed by atoms with Gasteiger partial charge < -0.3 is 36.4 Å².